The van der Waals surface area contributed by atoms with Crippen LogP contribution in [0.2, 0.25) is 0 Å². The van der Waals surface area contributed by atoms with E-state index in [-0.39, 0.29) is 4.90 Å². The number of hydrogen-bond acceptors (Lipinski definition) is 5. The first-order valence-corrected chi connectivity index (χ1v) is 10.1. The van der Waals surface area contributed by atoms with Gasteiger partial charge in [0.05, 0.1) is 11.0 Å². The summed E-state index contributed by atoms with van der Waals surface area (Å²) in [6, 6.07) is 14.9. The molecule has 2 aromatic carbocycles. The molecule has 24 heavy (non-hydrogen) atoms. The monoisotopic (exact) mass is 366 g/mol. The van der Waals surface area contributed by atoms with Gasteiger partial charge in [0.2, 0.25) is 10.0 Å². The molecule has 1 atom stereocenters. The smallest absolute Gasteiger partial charge is 0.238 e. The Balaban J connectivity index is 1.83. The number of rotatable bonds is 8. The highest BCUT2D eigenvalue weighted by Crippen LogP contribution is 2.20. The number of nitrogens with one attached hydrogen (secondary N) is 1. The van der Waals surface area contributed by atoms with Crippen LogP contribution in [0.15, 0.2) is 58.3 Å². The Hall–Kier alpha value is -1.38. The lowest BCUT2D eigenvalue weighted by molar-refractivity contribution is 0.175. The number of sulfonamides is 1. The predicted octanol–water partition coefficient (Wildman–Crippen LogP) is 2.06. The lowest BCUT2D eigenvalue weighted by Gasteiger charge is -2.14. The quantitative estimate of drug-likeness (QED) is 0.491. The topological polar surface area (TPSA) is 92.4 Å². The molecule has 0 bridgehead atoms. The molecular weight excluding hydrogens is 344 g/mol. The molecule has 0 spiro atoms. The summed E-state index contributed by atoms with van der Waals surface area (Å²) in [6.45, 7) is 2.77. The van der Waals surface area contributed by atoms with Crippen LogP contribution in [0.25, 0.3) is 0 Å². The van der Waals surface area contributed by atoms with E-state index in [4.69, 9.17) is 5.14 Å². The van der Waals surface area contributed by atoms with Crippen LogP contribution in [0.3, 0.4) is 0 Å². The Morgan fingerprint density at radius 3 is 2.58 bits per heavy atom. The summed E-state index contributed by atoms with van der Waals surface area (Å²) in [5, 5.41) is 18.6. The number of hydrogen-bond donors (Lipinski definition) is 3. The van der Waals surface area contributed by atoms with E-state index in [1.165, 1.54) is 11.0 Å². The fourth-order valence-electron chi connectivity index (χ4n) is 2.24. The van der Waals surface area contributed by atoms with Gasteiger partial charge in [0.25, 0.3) is 0 Å². The average Bonchev–Trinajstić information content (AvgIpc) is 2.54. The minimum atomic E-state index is -3.78. The molecule has 7 heteroatoms. The third-order valence-corrected chi connectivity index (χ3v) is 5.60. The molecule has 2 aromatic rings. The number of aliphatic hydroxyl groups is 1. The van der Waals surface area contributed by atoms with E-state index in [9.17, 15) is 13.5 Å². The minimum Gasteiger partial charge on any atom is -0.387 e. The zero-order valence-corrected chi connectivity index (χ0v) is 15.1. The second kappa shape index (κ2) is 8.64. The van der Waals surface area contributed by atoms with E-state index in [1.54, 1.807) is 30.8 Å². The highest BCUT2D eigenvalue weighted by molar-refractivity contribution is 7.99. The second-order valence-corrected chi connectivity index (χ2v) is 8.15. The van der Waals surface area contributed by atoms with Crippen molar-refractivity contribution in [3.63, 3.8) is 0 Å². The third-order valence-electron chi connectivity index (χ3n) is 3.53. The SMILES string of the molecule is Cc1ccc(C(O)CNCCSc2ccccc2)cc1S(N)(=O)=O. The molecule has 0 aliphatic carbocycles. The molecule has 4 N–H and O–H groups in total. The molecule has 1 unspecified atom stereocenters. The van der Waals surface area contributed by atoms with Gasteiger partial charge in [-0.3, -0.25) is 0 Å². The van der Waals surface area contributed by atoms with E-state index in [1.807, 2.05) is 18.2 Å². The van der Waals surface area contributed by atoms with Crippen LogP contribution in [-0.2, 0) is 10.0 Å². The summed E-state index contributed by atoms with van der Waals surface area (Å²) < 4.78 is 23.1. The molecule has 2 rings (SSSR count). The van der Waals surface area contributed by atoms with E-state index in [0.717, 1.165) is 12.3 Å². The summed E-state index contributed by atoms with van der Waals surface area (Å²) in [4.78, 5) is 1.26. The standard InChI is InChI=1S/C17H22N2O3S2/c1-13-7-8-14(11-17(13)24(18,21)22)16(20)12-19-9-10-23-15-5-3-2-4-6-15/h2-8,11,16,19-20H,9-10,12H2,1H3,(H2,18,21,22). The molecule has 5 nitrogen and oxygen atoms in total. The van der Waals surface area contributed by atoms with Crippen LogP contribution in [0.4, 0.5) is 0 Å². The van der Waals surface area contributed by atoms with Gasteiger partial charge in [-0.2, -0.15) is 0 Å². The van der Waals surface area contributed by atoms with Crippen molar-refractivity contribution in [2.45, 2.75) is 22.8 Å². The zero-order valence-electron chi connectivity index (χ0n) is 13.5. The molecule has 130 valence electrons. The first kappa shape index (κ1) is 19.0. The minimum absolute atomic E-state index is 0.0543. The van der Waals surface area contributed by atoms with Gasteiger partial charge in [-0.05, 0) is 36.2 Å². The first-order valence-electron chi connectivity index (χ1n) is 7.58. The van der Waals surface area contributed by atoms with E-state index in [2.05, 4.69) is 17.4 Å². The van der Waals surface area contributed by atoms with Crippen molar-refractivity contribution in [2.24, 2.45) is 5.14 Å². The maximum Gasteiger partial charge on any atom is 0.238 e. The maximum absolute atomic E-state index is 11.5. The molecule has 0 radical (unpaired) electrons. The number of thioether (sulfide) groups is 1. The van der Waals surface area contributed by atoms with E-state index < -0.39 is 16.1 Å². The number of aliphatic hydroxyl groups excluding tert-OH is 1. The van der Waals surface area contributed by atoms with Crippen LogP contribution < -0.4 is 10.5 Å². The normalized spacial score (nSPS) is 13.0. The van der Waals surface area contributed by atoms with Crippen molar-refractivity contribution in [1.29, 1.82) is 0 Å². The van der Waals surface area contributed by atoms with Crippen LogP contribution in [0, 0.1) is 6.92 Å². The first-order chi connectivity index (χ1) is 11.4. The summed E-state index contributed by atoms with van der Waals surface area (Å²) in [5.74, 6) is 0.882. The number of aryl methyl sites for hydroxylation is 1. The van der Waals surface area contributed by atoms with Crippen molar-refractivity contribution in [1.82, 2.24) is 5.32 Å². The van der Waals surface area contributed by atoms with Gasteiger partial charge in [-0.25, -0.2) is 13.6 Å². The highest BCUT2D eigenvalue weighted by Gasteiger charge is 2.15. The number of primary sulfonamides is 1. The number of nitrogens with two attached hydrogens (primary N) is 1. The molecule has 0 aromatic heterocycles. The van der Waals surface area contributed by atoms with E-state index in [0.29, 0.717) is 17.7 Å². The molecule has 0 aliphatic heterocycles. The fourth-order valence-corrected chi connectivity index (χ4v) is 3.89. The average molecular weight is 367 g/mol. The summed E-state index contributed by atoms with van der Waals surface area (Å²) >= 11 is 1.74. The van der Waals surface area contributed by atoms with Crippen LogP contribution in [0.5, 0.6) is 0 Å². The summed E-state index contributed by atoms with van der Waals surface area (Å²) in [7, 11) is -3.78. The van der Waals surface area contributed by atoms with Crippen molar-refractivity contribution >= 4 is 21.8 Å². The van der Waals surface area contributed by atoms with Crippen molar-refractivity contribution in [2.75, 3.05) is 18.8 Å². The Morgan fingerprint density at radius 1 is 1.21 bits per heavy atom. The third kappa shape index (κ3) is 5.61. The van der Waals surface area contributed by atoms with E-state index >= 15 is 0 Å². The van der Waals surface area contributed by atoms with Gasteiger partial charge in [-0.15, -0.1) is 11.8 Å². The molecule has 0 fully saturated rings. The van der Waals surface area contributed by atoms with Gasteiger partial charge < -0.3 is 10.4 Å². The Labute approximate surface area is 147 Å². The zero-order chi connectivity index (χ0) is 17.6. The molecule has 0 saturated carbocycles. The lowest BCUT2D eigenvalue weighted by Crippen LogP contribution is -2.24. The number of benzene rings is 2. The van der Waals surface area contributed by atoms with Gasteiger partial charge >= 0.3 is 0 Å². The molecule has 0 saturated heterocycles. The molecule has 0 amide bonds. The lowest BCUT2D eigenvalue weighted by atomic mass is 10.1. The van der Waals surface area contributed by atoms with Crippen LogP contribution >= 0.6 is 11.8 Å². The molecular formula is C17H22N2O3S2. The fraction of sp³-hybridized carbons (Fsp3) is 0.294. The van der Waals surface area contributed by atoms with Crippen molar-refractivity contribution < 1.29 is 13.5 Å². The summed E-state index contributed by atoms with van der Waals surface area (Å²) in [5.41, 5.74) is 1.11. The molecule has 0 aliphatic rings. The Morgan fingerprint density at radius 2 is 1.92 bits per heavy atom. The van der Waals surface area contributed by atoms with Gasteiger partial charge in [-0.1, -0.05) is 30.3 Å². The second-order valence-electron chi connectivity index (χ2n) is 5.45. The van der Waals surface area contributed by atoms with Crippen LogP contribution in [-0.4, -0.2) is 32.4 Å². The van der Waals surface area contributed by atoms with Crippen LogP contribution in [0.1, 0.15) is 17.2 Å². The largest absolute Gasteiger partial charge is 0.387 e. The van der Waals surface area contributed by atoms with Crippen molar-refractivity contribution in [3.8, 4) is 0 Å². The Kier molecular flexibility index (Phi) is 6.82. The van der Waals surface area contributed by atoms with Gasteiger partial charge in [0, 0.05) is 23.7 Å². The van der Waals surface area contributed by atoms with Gasteiger partial charge in [0.15, 0.2) is 0 Å². The van der Waals surface area contributed by atoms with Gasteiger partial charge in [0.1, 0.15) is 0 Å². The van der Waals surface area contributed by atoms with Crippen molar-refractivity contribution in [3.05, 3.63) is 59.7 Å². The molecule has 0 heterocycles. The highest BCUT2D eigenvalue weighted by atomic mass is 32.2. The predicted molar refractivity (Wildman–Crippen MR) is 97.5 cm³/mol. The summed E-state index contributed by atoms with van der Waals surface area (Å²) in [6.07, 6.45) is -0.784. The maximum atomic E-state index is 11.5. The Bertz CT molecular complexity index is 765.